The molecule has 0 spiro atoms. The largest absolute Gasteiger partial charge is 0.377 e. The molecule has 2 aromatic rings. The fourth-order valence-corrected chi connectivity index (χ4v) is 5.52. The highest BCUT2D eigenvalue weighted by molar-refractivity contribution is 7.17. The normalized spacial score (nSPS) is 11.6. The van der Waals surface area contributed by atoms with E-state index in [0.717, 1.165) is 67.3 Å². The molecule has 10 nitrogen and oxygen atoms in total. The maximum absolute atomic E-state index is 9.25. The van der Waals surface area contributed by atoms with Gasteiger partial charge >= 0.3 is 0 Å². The van der Waals surface area contributed by atoms with Gasteiger partial charge in [0.2, 0.25) is 5.69 Å². The monoisotopic (exact) mass is 613 g/mol. The third-order valence-corrected chi connectivity index (χ3v) is 8.90. The number of ether oxygens (including phenoxy) is 4. The first kappa shape index (κ1) is 36.3. The zero-order chi connectivity index (χ0) is 31.5. The minimum absolute atomic E-state index is 0.392. The summed E-state index contributed by atoms with van der Waals surface area (Å²) in [7, 11) is 0. The van der Waals surface area contributed by atoms with Crippen LogP contribution in [0.3, 0.4) is 0 Å². The summed E-state index contributed by atoms with van der Waals surface area (Å²) in [5, 5.41) is 18.4. The van der Waals surface area contributed by atoms with Gasteiger partial charge in [0.05, 0.1) is 89.6 Å². The molecule has 0 radical (unpaired) electrons. The number of hydrogen-bond donors (Lipinski definition) is 0. The number of rotatable bonds is 22. The van der Waals surface area contributed by atoms with Crippen molar-refractivity contribution in [1.29, 1.82) is 5.26 Å². The highest BCUT2D eigenvalue weighted by Crippen LogP contribution is 2.42. The van der Waals surface area contributed by atoms with Gasteiger partial charge in [-0.1, -0.05) is 0 Å². The number of hydrogen-bond acceptors (Lipinski definition) is 9. The fraction of sp³-hybridized carbons (Fsp3) is 0.625. The van der Waals surface area contributed by atoms with E-state index in [1.54, 1.807) is 6.92 Å². The zero-order valence-corrected chi connectivity index (χ0v) is 27.7. The highest BCUT2D eigenvalue weighted by atomic mass is 32.1. The molecular weight excluding hydrogens is 564 g/mol. The van der Waals surface area contributed by atoms with Gasteiger partial charge in [-0.25, -0.2) is 4.85 Å². The molecule has 0 N–H and O–H groups in total. The van der Waals surface area contributed by atoms with Crippen molar-refractivity contribution < 1.29 is 23.4 Å². The van der Waals surface area contributed by atoms with Crippen LogP contribution in [0.4, 0.5) is 22.1 Å². The summed E-state index contributed by atoms with van der Waals surface area (Å²) in [6.45, 7) is 30.8. The first-order valence-corrected chi connectivity index (χ1v) is 16.0. The van der Waals surface area contributed by atoms with Crippen molar-refractivity contribution in [2.24, 2.45) is 10.2 Å². The molecule has 0 saturated carbocycles. The van der Waals surface area contributed by atoms with Gasteiger partial charge in [-0.05, 0) is 70.9 Å². The predicted molar refractivity (Wildman–Crippen MR) is 173 cm³/mol. The number of anilines is 1. The lowest BCUT2D eigenvalue weighted by Crippen LogP contribution is -2.49. The third-order valence-electron chi connectivity index (χ3n) is 7.83. The molecule has 0 aliphatic heterocycles. The lowest BCUT2D eigenvalue weighted by Gasteiger charge is -2.35. The van der Waals surface area contributed by atoms with E-state index in [4.69, 9.17) is 25.5 Å². The summed E-state index contributed by atoms with van der Waals surface area (Å²) in [6.07, 6.45) is 0. The van der Waals surface area contributed by atoms with Gasteiger partial charge in [-0.15, -0.1) is 11.3 Å². The second-order valence-electron chi connectivity index (χ2n) is 10.1. The van der Waals surface area contributed by atoms with Crippen LogP contribution < -0.4 is 4.90 Å². The Balaban J connectivity index is 1.62. The molecule has 0 fully saturated rings. The molecule has 1 aromatic carbocycles. The smallest absolute Gasteiger partial charge is 0.229 e. The Morgan fingerprint density at radius 3 is 1.98 bits per heavy atom. The highest BCUT2D eigenvalue weighted by Gasteiger charge is 2.20. The number of aryl methyl sites for hydroxylation is 1. The van der Waals surface area contributed by atoms with E-state index >= 15 is 0 Å². The van der Waals surface area contributed by atoms with Gasteiger partial charge in [0.25, 0.3) is 0 Å². The van der Waals surface area contributed by atoms with Gasteiger partial charge in [0.15, 0.2) is 0 Å². The van der Waals surface area contributed by atoms with E-state index in [1.165, 1.54) is 11.3 Å². The average molecular weight is 614 g/mol. The zero-order valence-electron chi connectivity index (χ0n) is 26.9. The molecule has 0 bridgehead atoms. The summed E-state index contributed by atoms with van der Waals surface area (Å²) in [4.78, 5) is 6.27. The van der Waals surface area contributed by atoms with Crippen molar-refractivity contribution in [1.82, 2.24) is 0 Å². The second-order valence-corrected chi connectivity index (χ2v) is 11.1. The van der Waals surface area contributed by atoms with Crippen LogP contribution in [-0.4, -0.2) is 96.6 Å². The summed E-state index contributed by atoms with van der Waals surface area (Å²) in [5.74, 6) is 0. The lowest BCUT2D eigenvalue weighted by atomic mass is 10.1. The quantitative estimate of drug-likeness (QED) is 0.0616. The van der Waals surface area contributed by atoms with Crippen LogP contribution in [0, 0.1) is 31.8 Å². The molecule has 0 amide bonds. The van der Waals surface area contributed by atoms with Crippen LogP contribution in [0.5, 0.6) is 0 Å². The topological polar surface area (TPSA) is 93.0 Å². The standard InChI is InChI=1S/C32H49N6O4S/c1-8-37(14-16-39-18-20-41-22-23-42-21-19-40-17-15-38(9-2,10-3)11-4)28-12-13-29(26(5)24-28)35-36-32-31(34-7)27(6)30(25-33)43-32/h12-13,24H,8-11,14-23H2,1-6H3/q+1. The predicted octanol–water partition coefficient (Wildman–Crippen LogP) is 6.97. The molecule has 11 heteroatoms. The Morgan fingerprint density at radius 2 is 1.47 bits per heavy atom. The molecule has 0 unspecified atom stereocenters. The van der Waals surface area contributed by atoms with Crippen molar-refractivity contribution in [3.63, 3.8) is 0 Å². The number of thiophene rings is 1. The number of azo groups is 1. The Morgan fingerprint density at radius 1 is 0.884 bits per heavy atom. The molecule has 1 heterocycles. The van der Waals surface area contributed by atoms with Crippen molar-refractivity contribution >= 4 is 33.4 Å². The van der Waals surface area contributed by atoms with E-state index in [1.807, 2.05) is 19.1 Å². The summed E-state index contributed by atoms with van der Waals surface area (Å²) >= 11 is 1.19. The Bertz CT molecular complexity index is 1210. The Hall–Kier alpha value is -2.90. The van der Waals surface area contributed by atoms with E-state index in [-0.39, 0.29) is 0 Å². The molecule has 0 atom stereocenters. The number of nitrogens with zero attached hydrogens (tertiary/aromatic N) is 6. The van der Waals surface area contributed by atoms with Gasteiger partial charge in [0, 0.05) is 18.8 Å². The van der Waals surface area contributed by atoms with E-state index < -0.39 is 0 Å². The van der Waals surface area contributed by atoms with Gasteiger partial charge in [0.1, 0.15) is 17.6 Å². The van der Waals surface area contributed by atoms with Crippen LogP contribution in [-0.2, 0) is 18.9 Å². The molecule has 43 heavy (non-hydrogen) atoms. The molecule has 0 saturated heterocycles. The maximum atomic E-state index is 9.25. The number of nitriles is 1. The third kappa shape index (κ3) is 11.6. The van der Waals surface area contributed by atoms with Crippen LogP contribution >= 0.6 is 11.3 Å². The van der Waals surface area contributed by atoms with Crippen molar-refractivity contribution in [2.75, 3.05) is 97.0 Å². The lowest BCUT2D eigenvalue weighted by molar-refractivity contribution is -0.923. The molecule has 1 aromatic heterocycles. The number of quaternary nitrogens is 1. The minimum Gasteiger partial charge on any atom is -0.377 e. The fourth-order valence-electron chi connectivity index (χ4n) is 4.65. The second kappa shape index (κ2) is 20.1. The summed E-state index contributed by atoms with van der Waals surface area (Å²) in [6, 6.07) is 8.15. The SMILES string of the molecule is [C-]#[N+]c1c(N=Nc2ccc(N(CC)CCOCCOCCOCCOCC[N+](CC)(CC)CC)cc2C)sc(C#N)c1C. The van der Waals surface area contributed by atoms with Gasteiger partial charge in [-0.3, -0.25) is 0 Å². The van der Waals surface area contributed by atoms with Gasteiger partial charge < -0.3 is 28.3 Å². The van der Waals surface area contributed by atoms with Crippen LogP contribution in [0.15, 0.2) is 28.4 Å². The molecule has 236 valence electrons. The summed E-state index contributed by atoms with van der Waals surface area (Å²) in [5.41, 5.74) is 3.84. The van der Waals surface area contributed by atoms with Crippen LogP contribution in [0.2, 0.25) is 0 Å². The Labute approximate surface area is 262 Å². The van der Waals surface area contributed by atoms with E-state index in [9.17, 15) is 5.26 Å². The van der Waals surface area contributed by atoms with Crippen LogP contribution in [0.1, 0.15) is 43.7 Å². The van der Waals surface area contributed by atoms with Crippen molar-refractivity contribution in [3.05, 3.63) is 45.6 Å². The Kier molecular flexibility index (Phi) is 17.0. The maximum Gasteiger partial charge on any atom is 0.229 e. The molecule has 0 aliphatic rings. The number of likely N-dealkylation sites (N-methyl/N-ethyl adjacent to an activating group) is 2. The van der Waals surface area contributed by atoms with Crippen molar-refractivity contribution in [3.8, 4) is 6.07 Å². The minimum atomic E-state index is 0.392. The molecular formula is C32H49N6O4S+. The van der Waals surface area contributed by atoms with Crippen molar-refractivity contribution in [2.45, 2.75) is 41.5 Å². The van der Waals surface area contributed by atoms with Crippen LogP contribution in [0.25, 0.3) is 4.85 Å². The number of benzene rings is 1. The first-order chi connectivity index (χ1) is 20.9. The van der Waals surface area contributed by atoms with E-state index in [2.05, 4.69) is 59.8 Å². The van der Waals surface area contributed by atoms with E-state index in [0.29, 0.717) is 67.4 Å². The molecule has 2 rings (SSSR count). The average Bonchev–Trinajstić information content (AvgIpc) is 3.34. The summed E-state index contributed by atoms with van der Waals surface area (Å²) < 4.78 is 23.9. The molecule has 0 aliphatic carbocycles. The van der Waals surface area contributed by atoms with Gasteiger partial charge in [-0.2, -0.15) is 15.5 Å². The first-order valence-electron chi connectivity index (χ1n) is 15.2.